The zero-order valence-corrected chi connectivity index (χ0v) is 12.5. The Balaban J connectivity index is 2.10. The maximum absolute atomic E-state index is 12.5. The number of rotatable bonds is 8. The quantitative estimate of drug-likeness (QED) is 0.570. The SMILES string of the molecule is CCCCNC(CC(=O)O)C(=O)c1ccc2c(c1)CCC2. The second kappa shape index (κ2) is 7.36. The average Bonchev–Trinajstić information content (AvgIpc) is 2.92. The van der Waals surface area contributed by atoms with Crippen molar-refractivity contribution >= 4 is 11.8 Å². The third-order valence-corrected chi connectivity index (χ3v) is 4.00. The molecule has 0 heterocycles. The molecule has 1 unspecified atom stereocenters. The second-order valence-electron chi connectivity index (χ2n) is 5.66. The molecule has 0 fully saturated rings. The predicted octanol–water partition coefficient (Wildman–Crippen LogP) is 2.59. The van der Waals surface area contributed by atoms with Crippen molar-refractivity contribution in [2.45, 2.75) is 51.5 Å². The van der Waals surface area contributed by atoms with Gasteiger partial charge in [-0.1, -0.05) is 25.5 Å². The van der Waals surface area contributed by atoms with Gasteiger partial charge >= 0.3 is 5.97 Å². The smallest absolute Gasteiger partial charge is 0.305 e. The topological polar surface area (TPSA) is 66.4 Å². The van der Waals surface area contributed by atoms with Gasteiger partial charge in [-0.3, -0.25) is 9.59 Å². The lowest BCUT2D eigenvalue weighted by Gasteiger charge is -2.16. The molecule has 0 saturated carbocycles. The summed E-state index contributed by atoms with van der Waals surface area (Å²) in [6.07, 6.45) is 5.02. The van der Waals surface area contributed by atoms with Crippen molar-refractivity contribution in [1.29, 1.82) is 0 Å². The van der Waals surface area contributed by atoms with Crippen molar-refractivity contribution in [3.8, 4) is 0 Å². The summed E-state index contributed by atoms with van der Waals surface area (Å²) in [5.41, 5.74) is 3.19. The molecule has 0 aliphatic heterocycles. The van der Waals surface area contributed by atoms with E-state index in [9.17, 15) is 9.59 Å². The summed E-state index contributed by atoms with van der Waals surface area (Å²) >= 11 is 0. The Labute approximate surface area is 125 Å². The van der Waals surface area contributed by atoms with Crippen molar-refractivity contribution in [2.24, 2.45) is 0 Å². The number of benzene rings is 1. The van der Waals surface area contributed by atoms with Gasteiger partial charge in [-0.2, -0.15) is 0 Å². The fraction of sp³-hybridized carbons (Fsp3) is 0.529. The number of unbranched alkanes of at least 4 members (excludes halogenated alkanes) is 1. The number of Topliss-reactive ketones (excluding diaryl/α,β-unsaturated/α-hetero) is 1. The first-order chi connectivity index (χ1) is 10.1. The summed E-state index contributed by atoms with van der Waals surface area (Å²) in [5, 5.41) is 12.1. The molecular weight excluding hydrogens is 266 g/mol. The van der Waals surface area contributed by atoms with Crippen LogP contribution in [0.5, 0.6) is 0 Å². The van der Waals surface area contributed by atoms with Gasteiger partial charge in [0, 0.05) is 5.56 Å². The number of hydrogen-bond acceptors (Lipinski definition) is 3. The van der Waals surface area contributed by atoms with E-state index in [2.05, 4.69) is 12.2 Å². The van der Waals surface area contributed by atoms with Crippen LogP contribution in [-0.4, -0.2) is 29.4 Å². The molecule has 0 radical (unpaired) electrons. The molecule has 0 spiro atoms. The van der Waals surface area contributed by atoms with Crippen molar-refractivity contribution in [1.82, 2.24) is 5.32 Å². The number of fused-ring (bicyclic) bond motifs is 1. The Morgan fingerprint density at radius 2 is 2.05 bits per heavy atom. The first-order valence-electron chi connectivity index (χ1n) is 7.73. The first-order valence-corrected chi connectivity index (χ1v) is 7.73. The minimum Gasteiger partial charge on any atom is -0.481 e. The van der Waals surface area contributed by atoms with Gasteiger partial charge in [0.2, 0.25) is 0 Å². The molecule has 114 valence electrons. The molecule has 1 aliphatic carbocycles. The molecule has 0 amide bonds. The lowest BCUT2D eigenvalue weighted by atomic mass is 9.98. The minimum absolute atomic E-state index is 0.108. The van der Waals surface area contributed by atoms with Gasteiger partial charge in [0.15, 0.2) is 5.78 Å². The summed E-state index contributed by atoms with van der Waals surface area (Å²) in [5.74, 6) is -1.05. The summed E-state index contributed by atoms with van der Waals surface area (Å²) in [7, 11) is 0. The minimum atomic E-state index is -0.946. The van der Waals surface area contributed by atoms with Gasteiger partial charge < -0.3 is 10.4 Å². The normalized spacial score (nSPS) is 14.7. The van der Waals surface area contributed by atoms with Crippen LogP contribution in [0.1, 0.15) is 54.1 Å². The number of ketones is 1. The van der Waals surface area contributed by atoms with Crippen LogP contribution in [0, 0.1) is 0 Å². The second-order valence-corrected chi connectivity index (χ2v) is 5.66. The third-order valence-electron chi connectivity index (χ3n) is 4.00. The molecule has 1 atom stereocenters. The Morgan fingerprint density at radius 1 is 1.29 bits per heavy atom. The number of hydrogen-bond donors (Lipinski definition) is 2. The standard InChI is InChI=1S/C17H23NO3/c1-2-3-9-18-15(11-16(19)20)17(21)14-8-7-12-5-4-6-13(12)10-14/h7-8,10,15,18H,2-6,9,11H2,1H3,(H,19,20). The highest BCUT2D eigenvalue weighted by atomic mass is 16.4. The predicted molar refractivity (Wildman–Crippen MR) is 81.7 cm³/mol. The molecule has 1 aromatic carbocycles. The third kappa shape index (κ3) is 4.14. The Morgan fingerprint density at radius 3 is 2.76 bits per heavy atom. The highest BCUT2D eigenvalue weighted by Gasteiger charge is 2.23. The van der Waals surface area contributed by atoms with Crippen LogP contribution in [0.3, 0.4) is 0 Å². The van der Waals surface area contributed by atoms with Crippen molar-refractivity contribution in [3.63, 3.8) is 0 Å². The van der Waals surface area contributed by atoms with E-state index >= 15 is 0 Å². The molecule has 21 heavy (non-hydrogen) atoms. The van der Waals surface area contributed by atoms with Gasteiger partial charge in [0.05, 0.1) is 12.5 Å². The number of aryl methyl sites for hydroxylation is 2. The number of carbonyl (C=O) groups excluding carboxylic acids is 1. The zero-order valence-electron chi connectivity index (χ0n) is 12.5. The largest absolute Gasteiger partial charge is 0.481 e. The van der Waals surface area contributed by atoms with Crippen LogP contribution in [0.15, 0.2) is 18.2 Å². The fourth-order valence-corrected chi connectivity index (χ4v) is 2.81. The van der Waals surface area contributed by atoms with Crippen LogP contribution in [-0.2, 0) is 17.6 Å². The molecule has 0 bridgehead atoms. The van der Waals surface area contributed by atoms with E-state index in [1.165, 1.54) is 11.1 Å². The van der Waals surface area contributed by atoms with Crippen molar-refractivity contribution < 1.29 is 14.7 Å². The Kier molecular flexibility index (Phi) is 5.51. The van der Waals surface area contributed by atoms with Gasteiger partial charge in [-0.25, -0.2) is 0 Å². The van der Waals surface area contributed by atoms with E-state index in [1.54, 1.807) is 0 Å². The Bertz CT molecular complexity index is 525. The van der Waals surface area contributed by atoms with Gasteiger partial charge in [0.25, 0.3) is 0 Å². The van der Waals surface area contributed by atoms with Gasteiger partial charge in [0.1, 0.15) is 0 Å². The van der Waals surface area contributed by atoms with Crippen LogP contribution in [0.2, 0.25) is 0 Å². The highest BCUT2D eigenvalue weighted by Crippen LogP contribution is 2.23. The molecular formula is C17H23NO3. The van der Waals surface area contributed by atoms with Gasteiger partial charge in [-0.05, 0) is 49.4 Å². The number of nitrogens with one attached hydrogen (secondary N) is 1. The molecule has 2 N–H and O–H groups in total. The molecule has 0 aromatic heterocycles. The average molecular weight is 289 g/mol. The summed E-state index contributed by atoms with van der Waals surface area (Å²) < 4.78 is 0. The number of carboxylic acid groups (broad SMARTS) is 1. The van der Waals surface area contributed by atoms with E-state index in [-0.39, 0.29) is 12.2 Å². The van der Waals surface area contributed by atoms with E-state index in [0.717, 1.165) is 32.1 Å². The summed E-state index contributed by atoms with van der Waals surface area (Å²) in [6, 6.07) is 5.16. The maximum Gasteiger partial charge on any atom is 0.305 e. The highest BCUT2D eigenvalue weighted by molar-refractivity contribution is 6.02. The van der Waals surface area contributed by atoms with Crippen LogP contribution >= 0.6 is 0 Å². The molecule has 0 saturated heterocycles. The Hall–Kier alpha value is -1.68. The van der Waals surface area contributed by atoms with E-state index in [4.69, 9.17) is 5.11 Å². The van der Waals surface area contributed by atoms with E-state index in [1.807, 2.05) is 18.2 Å². The zero-order chi connectivity index (χ0) is 15.2. The maximum atomic E-state index is 12.5. The molecule has 1 aromatic rings. The summed E-state index contributed by atoms with van der Waals surface area (Å²) in [4.78, 5) is 23.5. The van der Waals surface area contributed by atoms with Crippen molar-refractivity contribution in [2.75, 3.05) is 6.54 Å². The monoisotopic (exact) mass is 289 g/mol. The van der Waals surface area contributed by atoms with Crippen LogP contribution in [0.25, 0.3) is 0 Å². The first kappa shape index (κ1) is 15.7. The molecule has 4 heteroatoms. The molecule has 2 rings (SSSR count). The van der Waals surface area contributed by atoms with E-state index < -0.39 is 12.0 Å². The lowest BCUT2D eigenvalue weighted by molar-refractivity contribution is -0.137. The van der Waals surface area contributed by atoms with Gasteiger partial charge in [-0.15, -0.1) is 0 Å². The number of carbonyl (C=O) groups is 2. The number of carboxylic acids is 1. The van der Waals surface area contributed by atoms with Crippen LogP contribution < -0.4 is 5.32 Å². The lowest BCUT2D eigenvalue weighted by Crippen LogP contribution is -2.39. The number of aliphatic carboxylic acids is 1. The fourth-order valence-electron chi connectivity index (χ4n) is 2.81. The molecule has 4 nitrogen and oxygen atoms in total. The van der Waals surface area contributed by atoms with Crippen LogP contribution in [0.4, 0.5) is 0 Å². The van der Waals surface area contributed by atoms with E-state index in [0.29, 0.717) is 12.1 Å². The molecule has 1 aliphatic rings. The summed E-state index contributed by atoms with van der Waals surface area (Å²) in [6.45, 7) is 2.74. The van der Waals surface area contributed by atoms with Crippen molar-refractivity contribution in [3.05, 3.63) is 34.9 Å².